The summed E-state index contributed by atoms with van der Waals surface area (Å²) in [6.45, 7) is 0.427. The predicted octanol–water partition coefficient (Wildman–Crippen LogP) is 1.53. The van der Waals surface area contributed by atoms with Crippen LogP contribution in [0.5, 0.6) is 11.5 Å². The van der Waals surface area contributed by atoms with E-state index in [1.807, 2.05) is 30.3 Å². The van der Waals surface area contributed by atoms with Gasteiger partial charge in [0.05, 0.1) is 6.21 Å². The van der Waals surface area contributed by atoms with Crippen molar-refractivity contribution in [3.05, 3.63) is 80.5 Å². The van der Waals surface area contributed by atoms with Crippen molar-refractivity contribution in [3.63, 3.8) is 0 Å². The highest BCUT2D eigenvalue weighted by molar-refractivity contribution is 5.84. The van der Waals surface area contributed by atoms with Gasteiger partial charge in [-0.2, -0.15) is 10.1 Å². The highest BCUT2D eigenvalue weighted by atomic mass is 16.3. The predicted molar refractivity (Wildman–Crippen MR) is 121 cm³/mol. The van der Waals surface area contributed by atoms with Crippen LogP contribution in [0.15, 0.2) is 63.2 Å². The maximum atomic E-state index is 12.9. The van der Waals surface area contributed by atoms with Gasteiger partial charge < -0.3 is 14.8 Å². The molecule has 3 N–H and O–H groups in total. The summed E-state index contributed by atoms with van der Waals surface area (Å²) < 4.78 is 4.05. The molecule has 0 saturated heterocycles. The summed E-state index contributed by atoms with van der Waals surface area (Å²) in [6, 6.07) is 13.9. The number of imidazole rings is 1. The summed E-state index contributed by atoms with van der Waals surface area (Å²) in [4.78, 5) is 29.7. The van der Waals surface area contributed by atoms with E-state index in [-0.39, 0.29) is 28.6 Å². The zero-order valence-electron chi connectivity index (χ0n) is 17.6. The van der Waals surface area contributed by atoms with Crippen LogP contribution >= 0.6 is 0 Å². The SMILES string of the molecule is Cn1c(=O)c2c(nc(NN=Cc3ccc(O)cc3O)n2CCc2ccccc2)n(C)c1=O. The number of aryl methyl sites for hydroxylation is 3. The second-order valence-electron chi connectivity index (χ2n) is 7.31. The third-order valence-corrected chi connectivity index (χ3v) is 5.20. The van der Waals surface area contributed by atoms with Crippen molar-refractivity contribution in [1.29, 1.82) is 0 Å². The van der Waals surface area contributed by atoms with Gasteiger partial charge in [0.2, 0.25) is 5.95 Å². The lowest BCUT2D eigenvalue weighted by Crippen LogP contribution is -2.37. The lowest BCUT2D eigenvalue weighted by Gasteiger charge is -2.09. The minimum Gasteiger partial charge on any atom is -0.508 e. The molecule has 4 rings (SSSR count). The molecular formula is C22H22N6O4. The van der Waals surface area contributed by atoms with Gasteiger partial charge in [-0.1, -0.05) is 30.3 Å². The zero-order chi connectivity index (χ0) is 22.8. The molecule has 2 aromatic heterocycles. The van der Waals surface area contributed by atoms with Crippen molar-refractivity contribution in [1.82, 2.24) is 18.7 Å². The summed E-state index contributed by atoms with van der Waals surface area (Å²) in [5.41, 5.74) is 3.88. The Morgan fingerprint density at radius 2 is 1.81 bits per heavy atom. The number of rotatable bonds is 6. The van der Waals surface area contributed by atoms with Crippen LogP contribution < -0.4 is 16.7 Å². The van der Waals surface area contributed by atoms with Gasteiger partial charge in [0.25, 0.3) is 5.56 Å². The van der Waals surface area contributed by atoms with Crippen molar-refractivity contribution < 1.29 is 10.2 Å². The van der Waals surface area contributed by atoms with E-state index in [2.05, 4.69) is 15.5 Å². The van der Waals surface area contributed by atoms with Crippen molar-refractivity contribution in [3.8, 4) is 11.5 Å². The Labute approximate surface area is 182 Å². The molecular weight excluding hydrogens is 412 g/mol. The molecule has 10 heteroatoms. The molecule has 164 valence electrons. The number of phenolic OH excluding ortho intramolecular Hbond substituents is 2. The van der Waals surface area contributed by atoms with Crippen LogP contribution in [0.25, 0.3) is 11.2 Å². The molecule has 2 heterocycles. The molecule has 0 aliphatic carbocycles. The van der Waals surface area contributed by atoms with Gasteiger partial charge in [0.15, 0.2) is 11.2 Å². The molecule has 0 aliphatic heterocycles. The van der Waals surface area contributed by atoms with E-state index >= 15 is 0 Å². The van der Waals surface area contributed by atoms with Crippen LogP contribution in [0.4, 0.5) is 5.95 Å². The minimum atomic E-state index is -0.473. The van der Waals surface area contributed by atoms with Gasteiger partial charge in [-0.25, -0.2) is 10.2 Å². The molecule has 0 aliphatic rings. The molecule has 0 radical (unpaired) electrons. The number of anilines is 1. The number of nitrogens with zero attached hydrogens (tertiary/aromatic N) is 5. The number of phenols is 2. The maximum absolute atomic E-state index is 12.9. The van der Waals surface area contributed by atoms with Crippen molar-refractivity contribution in [2.45, 2.75) is 13.0 Å². The van der Waals surface area contributed by atoms with Crippen molar-refractivity contribution >= 4 is 23.3 Å². The second-order valence-corrected chi connectivity index (χ2v) is 7.31. The van der Waals surface area contributed by atoms with Gasteiger partial charge in [-0.3, -0.25) is 13.9 Å². The number of aromatic hydroxyl groups is 2. The summed E-state index contributed by atoms with van der Waals surface area (Å²) in [7, 11) is 2.98. The first-order chi connectivity index (χ1) is 15.4. The molecule has 10 nitrogen and oxygen atoms in total. The fourth-order valence-corrected chi connectivity index (χ4v) is 3.44. The highest BCUT2D eigenvalue weighted by Crippen LogP contribution is 2.21. The lowest BCUT2D eigenvalue weighted by atomic mass is 10.1. The first-order valence-electron chi connectivity index (χ1n) is 9.88. The normalized spacial score (nSPS) is 11.4. The molecule has 0 bridgehead atoms. The van der Waals surface area contributed by atoms with Crippen molar-refractivity contribution in [2.24, 2.45) is 19.2 Å². The van der Waals surface area contributed by atoms with Crippen LogP contribution in [0.1, 0.15) is 11.1 Å². The van der Waals surface area contributed by atoms with E-state index in [0.717, 1.165) is 10.1 Å². The molecule has 0 unspecified atom stereocenters. The highest BCUT2D eigenvalue weighted by Gasteiger charge is 2.19. The van der Waals surface area contributed by atoms with Crippen LogP contribution in [-0.4, -0.2) is 35.1 Å². The number of fused-ring (bicyclic) bond motifs is 1. The average Bonchev–Trinajstić information content (AvgIpc) is 3.15. The molecule has 2 aromatic carbocycles. The fourth-order valence-electron chi connectivity index (χ4n) is 3.44. The Morgan fingerprint density at radius 1 is 1.06 bits per heavy atom. The van der Waals surface area contributed by atoms with Gasteiger partial charge >= 0.3 is 5.69 Å². The maximum Gasteiger partial charge on any atom is 0.332 e. The molecule has 32 heavy (non-hydrogen) atoms. The Kier molecular flexibility index (Phi) is 5.50. The van der Waals surface area contributed by atoms with E-state index in [0.29, 0.717) is 18.5 Å². The summed E-state index contributed by atoms with van der Waals surface area (Å²) >= 11 is 0. The molecule has 0 fully saturated rings. The number of hydrogen-bond acceptors (Lipinski definition) is 7. The minimum absolute atomic E-state index is 0.0629. The van der Waals surface area contributed by atoms with Gasteiger partial charge in [0.1, 0.15) is 11.5 Å². The molecule has 0 amide bonds. The smallest absolute Gasteiger partial charge is 0.332 e. The largest absolute Gasteiger partial charge is 0.508 e. The zero-order valence-corrected chi connectivity index (χ0v) is 17.6. The number of aromatic nitrogens is 4. The molecule has 0 spiro atoms. The number of benzene rings is 2. The Morgan fingerprint density at radius 3 is 2.53 bits per heavy atom. The Bertz CT molecular complexity index is 1430. The van der Waals surface area contributed by atoms with E-state index in [1.165, 1.54) is 36.0 Å². The topological polar surface area (TPSA) is 127 Å². The second kappa shape index (κ2) is 8.42. The van der Waals surface area contributed by atoms with Crippen LogP contribution in [-0.2, 0) is 27.1 Å². The van der Waals surface area contributed by atoms with E-state index in [4.69, 9.17) is 0 Å². The number of nitrogens with one attached hydrogen (secondary N) is 1. The summed E-state index contributed by atoms with van der Waals surface area (Å²) in [5.74, 6) is 0.0835. The van der Waals surface area contributed by atoms with Gasteiger partial charge in [0, 0.05) is 32.3 Å². The fraction of sp³-hybridized carbons (Fsp3) is 0.182. The Hall–Kier alpha value is -4.34. The van der Waals surface area contributed by atoms with E-state index < -0.39 is 11.2 Å². The number of hydrogen-bond donors (Lipinski definition) is 3. The van der Waals surface area contributed by atoms with Crippen LogP contribution in [0.2, 0.25) is 0 Å². The average molecular weight is 434 g/mol. The van der Waals surface area contributed by atoms with Crippen LogP contribution in [0, 0.1) is 0 Å². The quantitative estimate of drug-likeness (QED) is 0.312. The molecule has 0 atom stereocenters. The molecule has 4 aromatic rings. The van der Waals surface area contributed by atoms with E-state index in [1.54, 1.807) is 11.6 Å². The first kappa shape index (κ1) is 20.9. The first-order valence-corrected chi connectivity index (χ1v) is 9.88. The third-order valence-electron chi connectivity index (χ3n) is 5.20. The third kappa shape index (κ3) is 3.85. The Balaban J connectivity index is 1.75. The monoisotopic (exact) mass is 434 g/mol. The summed E-state index contributed by atoms with van der Waals surface area (Å²) in [6.07, 6.45) is 2.00. The summed E-state index contributed by atoms with van der Waals surface area (Å²) in [5, 5.41) is 23.5. The lowest BCUT2D eigenvalue weighted by molar-refractivity contribution is 0.450. The number of hydrazone groups is 1. The van der Waals surface area contributed by atoms with Crippen LogP contribution in [0.3, 0.4) is 0 Å². The standard InChI is InChI=1S/C22H22N6O4/c1-26-19-18(20(31)27(2)22(26)32)28(11-10-14-6-4-3-5-7-14)21(24-19)25-23-13-15-8-9-16(29)12-17(15)30/h3-9,12-13,29-30H,10-11H2,1-2H3,(H,24,25). The molecule has 0 saturated carbocycles. The van der Waals surface area contributed by atoms with E-state index in [9.17, 15) is 19.8 Å². The van der Waals surface area contributed by atoms with Crippen molar-refractivity contribution in [2.75, 3.05) is 5.43 Å². The van der Waals surface area contributed by atoms with Gasteiger partial charge in [-0.05, 0) is 24.1 Å². The van der Waals surface area contributed by atoms with Gasteiger partial charge in [-0.15, -0.1) is 0 Å².